The molecule has 0 saturated carbocycles. The number of likely N-dealkylation sites (N-methyl/N-ethyl adjacent to an activating group) is 1. The SMILES string of the molecule is CNC1CCN(c2ncc(C(C)C)cn2)C1. The zero-order valence-electron chi connectivity index (χ0n) is 10.3. The summed E-state index contributed by atoms with van der Waals surface area (Å²) in [4.78, 5) is 11.1. The lowest BCUT2D eigenvalue weighted by Gasteiger charge is -2.16. The topological polar surface area (TPSA) is 41.0 Å². The lowest BCUT2D eigenvalue weighted by molar-refractivity contribution is 0.616. The van der Waals surface area contributed by atoms with Crippen molar-refractivity contribution in [1.29, 1.82) is 0 Å². The van der Waals surface area contributed by atoms with Crippen LogP contribution in [0.3, 0.4) is 0 Å². The maximum absolute atomic E-state index is 4.44. The average molecular weight is 220 g/mol. The van der Waals surface area contributed by atoms with E-state index in [4.69, 9.17) is 0 Å². The Morgan fingerprint density at radius 2 is 2.06 bits per heavy atom. The summed E-state index contributed by atoms with van der Waals surface area (Å²) in [6.45, 7) is 6.38. The fourth-order valence-electron chi connectivity index (χ4n) is 1.97. The van der Waals surface area contributed by atoms with Crippen LogP contribution in [-0.4, -0.2) is 36.1 Å². The predicted octanol–water partition coefficient (Wildman–Crippen LogP) is 1.40. The molecule has 0 amide bonds. The number of hydrogen-bond acceptors (Lipinski definition) is 4. The molecule has 1 atom stereocenters. The second-order valence-electron chi connectivity index (χ2n) is 4.69. The van der Waals surface area contributed by atoms with Crippen LogP contribution >= 0.6 is 0 Å². The summed E-state index contributed by atoms with van der Waals surface area (Å²) in [7, 11) is 2.01. The van der Waals surface area contributed by atoms with Gasteiger partial charge in [-0.2, -0.15) is 0 Å². The lowest BCUT2D eigenvalue weighted by atomic mass is 10.1. The number of rotatable bonds is 3. The Hall–Kier alpha value is -1.16. The van der Waals surface area contributed by atoms with E-state index in [9.17, 15) is 0 Å². The molecule has 1 aliphatic rings. The third-order valence-electron chi connectivity index (χ3n) is 3.20. The minimum Gasteiger partial charge on any atom is -0.339 e. The van der Waals surface area contributed by atoms with Gasteiger partial charge in [0.05, 0.1) is 0 Å². The minimum atomic E-state index is 0.498. The molecule has 1 N–H and O–H groups in total. The van der Waals surface area contributed by atoms with Gasteiger partial charge in [0.2, 0.25) is 5.95 Å². The summed E-state index contributed by atoms with van der Waals surface area (Å²) < 4.78 is 0. The molecule has 0 spiro atoms. The summed E-state index contributed by atoms with van der Waals surface area (Å²) >= 11 is 0. The van der Waals surface area contributed by atoms with Crippen molar-refractivity contribution in [2.45, 2.75) is 32.2 Å². The Labute approximate surface area is 97.1 Å². The summed E-state index contributed by atoms with van der Waals surface area (Å²) in [6, 6.07) is 0.577. The van der Waals surface area contributed by atoms with Crippen molar-refractivity contribution < 1.29 is 0 Å². The highest BCUT2D eigenvalue weighted by Gasteiger charge is 2.22. The van der Waals surface area contributed by atoms with E-state index in [0.29, 0.717) is 12.0 Å². The van der Waals surface area contributed by atoms with E-state index in [2.05, 4.69) is 34.0 Å². The molecule has 1 aromatic heterocycles. The van der Waals surface area contributed by atoms with E-state index in [-0.39, 0.29) is 0 Å². The van der Waals surface area contributed by atoms with Crippen molar-refractivity contribution in [2.75, 3.05) is 25.0 Å². The van der Waals surface area contributed by atoms with Gasteiger partial charge in [-0.3, -0.25) is 0 Å². The maximum Gasteiger partial charge on any atom is 0.225 e. The van der Waals surface area contributed by atoms with Gasteiger partial charge in [0.1, 0.15) is 0 Å². The smallest absolute Gasteiger partial charge is 0.225 e. The molecular formula is C12H20N4. The second-order valence-corrected chi connectivity index (χ2v) is 4.69. The predicted molar refractivity (Wildman–Crippen MR) is 65.8 cm³/mol. The second kappa shape index (κ2) is 4.78. The quantitative estimate of drug-likeness (QED) is 0.836. The summed E-state index contributed by atoms with van der Waals surface area (Å²) in [5, 5.41) is 3.30. The molecule has 16 heavy (non-hydrogen) atoms. The Morgan fingerprint density at radius 3 is 2.56 bits per heavy atom. The van der Waals surface area contributed by atoms with Crippen LogP contribution in [0.25, 0.3) is 0 Å². The number of hydrogen-bond donors (Lipinski definition) is 1. The zero-order chi connectivity index (χ0) is 11.5. The third kappa shape index (κ3) is 2.32. The molecule has 1 fully saturated rings. The minimum absolute atomic E-state index is 0.498. The van der Waals surface area contributed by atoms with Gasteiger partial charge in [-0.05, 0) is 24.9 Å². The van der Waals surface area contributed by atoms with Crippen LogP contribution in [0.1, 0.15) is 31.7 Å². The van der Waals surface area contributed by atoms with Crippen molar-refractivity contribution in [3.63, 3.8) is 0 Å². The molecule has 88 valence electrons. The van der Waals surface area contributed by atoms with Crippen LogP contribution in [-0.2, 0) is 0 Å². The summed E-state index contributed by atoms with van der Waals surface area (Å²) in [6.07, 6.45) is 5.06. The van der Waals surface area contributed by atoms with Gasteiger partial charge in [0, 0.05) is 31.5 Å². The van der Waals surface area contributed by atoms with Gasteiger partial charge >= 0.3 is 0 Å². The lowest BCUT2D eigenvalue weighted by Crippen LogP contribution is -2.30. The first-order valence-corrected chi connectivity index (χ1v) is 5.95. The monoisotopic (exact) mass is 220 g/mol. The molecule has 1 unspecified atom stereocenters. The van der Waals surface area contributed by atoms with Gasteiger partial charge in [0.15, 0.2) is 0 Å². The van der Waals surface area contributed by atoms with E-state index in [1.54, 1.807) is 0 Å². The normalized spacial score (nSPS) is 20.8. The van der Waals surface area contributed by atoms with E-state index in [0.717, 1.165) is 19.0 Å². The van der Waals surface area contributed by atoms with Crippen molar-refractivity contribution >= 4 is 5.95 Å². The molecule has 0 bridgehead atoms. The van der Waals surface area contributed by atoms with E-state index < -0.39 is 0 Å². The molecule has 1 aromatic rings. The average Bonchev–Trinajstić information content (AvgIpc) is 2.77. The first-order chi connectivity index (χ1) is 7.70. The van der Waals surface area contributed by atoms with Gasteiger partial charge in [-0.15, -0.1) is 0 Å². The molecule has 0 aliphatic carbocycles. The van der Waals surface area contributed by atoms with Crippen LogP contribution in [0.15, 0.2) is 12.4 Å². The Kier molecular flexibility index (Phi) is 3.39. The molecule has 4 nitrogen and oxygen atoms in total. The molecule has 1 aliphatic heterocycles. The first-order valence-electron chi connectivity index (χ1n) is 5.95. The number of nitrogens with zero attached hydrogens (tertiary/aromatic N) is 3. The van der Waals surface area contributed by atoms with E-state index in [1.807, 2.05) is 19.4 Å². The number of aromatic nitrogens is 2. The highest BCUT2D eigenvalue weighted by molar-refractivity contribution is 5.32. The fourth-order valence-corrected chi connectivity index (χ4v) is 1.97. The van der Waals surface area contributed by atoms with E-state index in [1.165, 1.54) is 12.0 Å². The Bertz CT molecular complexity index is 333. The summed E-state index contributed by atoms with van der Waals surface area (Å²) in [5.74, 6) is 1.36. The van der Waals surface area contributed by atoms with Gasteiger partial charge in [0.25, 0.3) is 0 Å². The van der Waals surface area contributed by atoms with Gasteiger partial charge < -0.3 is 10.2 Å². The molecule has 1 saturated heterocycles. The van der Waals surface area contributed by atoms with Gasteiger partial charge in [-0.1, -0.05) is 13.8 Å². The highest BCUT2D eigenvalue weighted by atomic mass is 15.3. The van der Waals surface area contributed by atoms with Crippen LogP contribution in [0.2, 0.25) is 0 Å². The molecule has 0 radical (unpaired) electrons. The van der Waals surface area contributed by atoms with Crippen molar-refractivity contribution in [1.82, 2.24) is 15.3 Å². The van der Waals surface area contributed by atoms with E-state index >= 15 is 0 Å². The molecule has 2 rings (SSSR count). The van der Waals surface area contributed by atoms with Crippen LogP contribution in [0.4, 0.5) is 5.95 Å². The fraction of sp³-hybridized carbons (Fsp3) is 0.667. The van der Waals surface area contributed by atoms with Crippen LogP contribution in [0.5, 0.6) is 0 Å². The Balaban J connectivity index is 2.05. The third-order valence-corrected chi connectivity index (χ3v) is 3.20. The highest BCUT2D eigenvalue weighted by Crippen LogP contribution is 2.17. The largest absolute Gasteiger partial charge is 0.339 e. The standard InChI is InChI=1S/C12H20N4/c1-9(2)10-6-14-12(15-7-10)16-5-4-11(8-16)13-3/h6-7,9,11,13H,4-5,8H2,1-3H3. The Morgan fingerprint density at radius 1 is 1.38 bits per heavy atom. The van der Waals surface area contributed by atoms with Crippen LogP contribution in [0, 0.1) is 0 Å². The first kappa shape index (κ1) is 11.3. The van der Waals surface area contributed by atoms with Crippen LogP contribution < -0.4 is 10.2 Å². The number of nitrogens with one attached hydrogen (secondary N) is 1. The maximum atomic E-state index is 4.44. The number of anilines is 1. The van der Waals surface area contributed by atoms with Crippen molar-refractivity contribution in [3.05, 3.63) is 18.0 Å². The molecular weight excluding hydrogens is 200 g/mol. The van der Waals surface area contributed by atoms with Crippen molar-refractivity contribution in [2.24, 2.45) is 0 Å². The molecule has 0 aromatic carbocycles. The summed E-state index contributed by atoms with van der Waals surface area (Å²) in [5.41, 5.74) is 1.20. The van der Waals surface area contributed by atoms with Gasteiger partial charge in [-0.25, -0.2) is 9.97 Å². The zero-order valence-corrected chi connectivity index (χ0v) is 10.3. The molecule has 2 heterocycles. The van der Waals surface area contributed by atoms with Crippen molar-refractivity contribution in [3.8, 4) is 0 Å². The molecule has 4 heteroatoms.